The molecule has 3 N–H and O–H groups in total. The number of alkyl carbamates (subject to hydrolysis) is 1. The zero-order chi connectivity index (χ0) is 30.6. The third-order valence-electron chi connectivity index (χ3n) is 7.42. The van der Waals surface area contributed by atoms with Gasteiger partial charge in [-0.3, -0.25) is 9.59 Å². The van der Waals surface area contributed by atoms with Gasteiger partial charge in [0.15, 0.2) is 0 Å². The summed E-state index contributed by atoms with van der Waals surface area (Å²) < 4.78 is 5.52. The molecule has 4 rings (SSSR count). The molecule has 8 nitrogen and oxygen atoms in total. The average Bonchev–Trinajstić information content (AvgIpc) is 3.64. The fourth-order valence-corrected chi connectivity index (χ4v) is 5.05. The van der Waals surface area contributed by atoms with E-state index < -0.39 is 23.8 Å². The van der Waals surface area contributed by atoms with Crippen molar-refractivity contribution in [3.8, 4) is 5.75 Å². The summed E-state index contributed by atoms with van der Waals surface area (Å²) in [5.41, 5.74) is 2.79. The highest BCUT2D eigenvalue weighted by Crippen LogP contribution is 2.41. The molecule has 4 unspecified atom stereocenters. The third-order valence-corrected chi connectivity index (χ3v) is 7.42. The number of anilines is 1. The Labute approximate surface area is 248 Å². The number of para-hydroxylation sites is 1. The van der Waals surface area contributed by atoms with E-state index in [4.69, 9.17) is 4.74 Å². The molecule has 0 bridgehead atoms. The van der Waals surface area contributed by atoms with Crippen LogP contribution >= 0.6 is 0 Å². The lowest BCUT2D eigenvalue weighted by molar-refractivity contribution is -0.141. The van der Waals surface area contributed by atoms with Gasteiger partial charge in [0.2, 0.25) is 5.91 Å². The van der Waals surface area contributed by atoms with Crippen LogP contribution in [0, 0.1) is 19.8 Å². The summed E-state index contributed by atoms with van der Waals surface area (Å²) in [5.74, 6) is -0.491. The first kappa shape index (κ1) is 30.6. The lowest BCUT2D eigenvalue weighted by Gasteiger charge is -2.35. The molecular formula is C34H41N3O5. The number of nitrogens with zero attached hydrogens (tertiary/aromatic N) is 1. The van der Waals surface area contributed by atoms with Gasteiger partial charge in [-0.15, -0.1) is 0 Å². The van der Waals surface area contributed by atoms with E-state index in [2.05, 4.69) is 10.6 Å². The topological polar surface area (TPSA) is 108 Å². The molecule has 3 aromatic rings. The van der Waals surface area contributed by atoms with Gasteiger partial charge in [0.25, 0.3) is 5.91 Å². The van der Waals surface area contributed by atoms with Crippen LogP contribution in [0.15, 0.2) is 72.8 Å². The van der Waals surface area contributed by atoms with E-state index in [1.165, 1.54) is 6.07 Å². The van der Waals surface area contributed by atoms with Crippen LogP contribution in [0.3, 0.4) is 0 Å². The zero-order valence-electron chi connectivity index (χ0n) is 25.2. The van der Waals surface area contributed by atoms with Crippen molar-refractivity contribution in [1.82, 2.24) is 10.2 Å². The van der Waals surface area contributed by atoms with Crippen molar-refractivity contribution in [3.05, 3.63) is 95.1 Å². The molecule has 42 heavy (non-hydrogen) atoms. The van der Waals surface area contributed by atoms with Crippen molar-refractivity contribution in [2.45, 2.75) is 78.1 Å². The van der Waals surface area contributed by atoms with E-state index in [0.717, 1.165) is 17.5 Å². The Morgan fingerprint density at radius 2 is 1.62 bits per heavy atom. The van der Waals surface area contributed by atoms with Gasteiger partial charge in [0, 0.05) is 18.2 Å². The van der Waals surface area contributed by atoms with Crippen molar-refractivity contribution < 1.29 is 24.2 Å². The lowest BCUT2D eigenvalue weighted by Crippen LogP contribution is -2.54. The molecule has 0 radical (unpaired) electrons. The number of aryl methyl sites for hydroxylation is 2. The van der Waals surface area contributed by atoms with Crippen LogP contribution in [0.2, 0.25) is 0 Å². The summed E-state index contributed by atoms with van der Waals surface area (Å²) in [6.07, 6.45) is 0.237. The largest absolute Gasteiger partial charge is 0.508 e. The highest BCUT2D eigenvalue weighted by atomic mass is 16.6. The molecule has 1 aliphatic carbocycles. The highest BCUT2D eigenvalue weighted by molar-refractivity contribution is 5.99. The molecular weight excluding hydrogens is 530 g/mol. The van der Waals surface area contributed by atoms with Crippen LogP contribution < -0.4 is 10.6 Å². The van der Waals surface area contributed by atoms with Crippen LogP contribution in [0.4, 0.5) is 10.5 Å². The van der Waals surface area contributed by atoms with Gasteiger partial charge in [0.1, 0.15) is 23.4 Å². The van der Waals surface area contributed by atoms with E-state index in [1.54, 1.807) is 44.7 Å². The quantitative estimate of drug-likeness (QED) is 0.289. The Hall–Kier alpha value is -4.33. The van der Waals surface area contributed by atoms with E-state index in [0.29, 0.717) is 16.8 Å². The molecule has 1 fully saturated rings. The second-order valence-corrected chi connectivity index (χ2v) is 12.2. The van der Waals surface area contributed by atoms with E-state index >= 15 is 0 Å². The van der Waals surface area contributed by atoms with Crippen molar-refractivity contribution in [2.24, 2.45) is 5.92 Å². The molecule has 222 valence electrons. The van der Waals surface area contributed by atoms with Crippen LogP contribution in [0.1, 0.15) is 62.4 Å². The summed E-state index contributed by atoms with van der Waals surface area (Å²) in [6.45, 7) is 11.0. The monoisotopic (exact) mass is 571 g/mol. The van der Waals surface area contributed by atoms with Crippen LogP contribution in [-0.4, -0.2) is 45.6 Å². The lowest BCUT2D eigenvalue weighted by atomic mass is 9.98. The minimum atomic E-state index is -1.01. The molecule has 1 saturated carbocycles. The number of carbonyl (C=O) groups excluding carboxylic acids is 3. The maximum absolute atomic E-state index is 14.6. The smallest absolute Gasteiger partial charge is 0.408 e. The Balaban J connectivity index is 1.77. The number of carbonyl (C=O) groups is 3. The molecule has 0 aliphatic heterocycles. The number of aromatic hydroxyl groups is 1. The first-order valence-electron chi connectivity index (χ1n) is 14.4. The first-order chi connectivity index (χ1) is 19.8. The zero-order valence-corrected chi connectivity index (χ0v) is 25.2. The Kier molecular flexibility index (Phi) is 9.24. The Morgan fingerprint density at radius 3 is 2.21 bits per heavy atom. The molecule has 0 heterocycles. The Morgan fingerprint density at radius 1 is 0.976 bits per heavy atom. The third kappa shape index (κ3) is 7.69. The van der Waals surface area contributed by atoms with Gasteiger partial charge >= 0.3 is 6.09 Å². The number of hydrogen-bond donors (Lipinski definition) is 3. The fourth-order valence-electron chi connectivity index (χ4n) is 5.05. The van der Waals surface area contributed by atoms with Gasteiger partial charge in [-0.1, -0.05) is 61.5 Å². The van der Waals surface area contributed by atoms with Gasteiger partial charge in [-0.2, -0.15) is 0 Å². The van der Waals surface area contributed by atoms with Crippen molar-refractivity contribution in [2.75, 3.05) is 5.32 Å². The molecule has 0 spiro atoms. The van der Waals surface area contributed by atoms with Crippen molar-refractivity contribution in [1.29, 1.82) is 0 Å². The van der Waals surface area contributed by atoms with Crippen molar-refractivity contribution >= 4 is 23.6 Å². The summed E-state index contributed by atoms with van der Waals surface area (Å²) in [6, 6.07) is 19.6. The molecule has 3 aromatic carbocycles. The standard InChI is InChI=1S/C34H41N3O5/c1-21-12-10-11-15-26(21)35-31(39)30(25-16-17-29(38)23(3)18-25)37(28-19-22(28)2)32(40)27(20-24-13-8-7-9-14-24)36-33(41)42-34(4,5)6/h7-18,22,27-28,30,38H,19-20H2,1-6H3,(H,35,39)(H,36,41). The van der Waals surface area contributed by atoms with E-state index in [9.17, 15) is 19.5 Å². The molecule has 8 heteroatoms. The number of phenols is 1. The molecule has 0 saturated heterocycles. The predicted molar refractivity (Wildman–Crippen MR) is 163 cm³/mol. The SMILES string of the molecule is Cc1cc(C(C(=O)Nc2ccccc2C)N(C(=O)C(Cc2ccccc2)NC(=O)OC(C)(C)C)C2CC2C)ccc1O. The van der Waals surface area contributed by atoms with E-state index in [1.807, 2.05) is 68.4 Å². The number of nitrogens with one attached hydrogen (secondary N) is 2. The first-order valence-corrected chi connectivity index (χ1v) is 14.4. The predicted octanol–water partition coefficient (Wildman–Crippen LogP) is 6.06. The van der Waals surface area contributed by atoms with Crippen molar-refractivity contribution in [3.63, 3.8) is 0 Å². The Bertz CT molecular complexity index is 1430. The highest BCUT2D eigenvalue weighted by Gasteiger charge is 2.48. The van der Waals surface area contributed by atoms with E-state index in [-0.39, 0.29) is 35.9 Å². The maximum Gasteiger partial charge on any atom is 0.408 e. The van der Waals surface area contributed by atoms with Gasteiger partial charge in [0.05, 0.1) is 0 Å². The summed E-state index contributed by atoms with van der Waals surface area (Å²) in [5, 5.41) is 16.1. The van der Waals surface area contributed by atoms with Crippen LogP contribution in [-0.2, 0) is 20.7 Å². The number of rotatable bonds is 9. The van der Waals surface area contributed by atoms with Gasteiger partial charge in [-0.05, 0) is 87.4 Å². The minimum absolute atomic E-state index is 0.100. The normalized spacial score (nSPS) is 17.5. The minimum Gasteiger partial charge on any atom is -0.508 e. The summed E-state index contributed by atoms with van der Waals surface area (Å²) >= 11 is 0. The average molecular weight is 572 g/mol. The number of phenolic OH excluding ortho intramolecular Hbond substituents is 1. The molecule has 3 amide bonds. The van der Waals surface area contributed by atoms with Crippen LogP contribution in [0.5, 0.6) is 5.75 Å². The van der Waals surface area contributed by atoms with Crippen LogP contribution in [0.25, 0.3) is 0 Å². The second-order valence-electron chi connectivity index (χ2n) is 12.2. The summed E-state index contributed by atoms with van der Waals surface area (Å²) in [4.78, 5) is 43.3. The number of amides is 3. The molecule has 4 atom stereocenters. The second kappa shape index (κ2) is 12.7. The maximum atomic E-state index is 14.6. The number of hydrogen-bond acceptors (Lipinski definition) is 5. The fraction of sp³-hybridized carbons (Fsp3) is 0.382. The van der Waals surface area contributed by atoms with Gasteiger partial charge < -0.3 is 25.4 Å². The molecule has 1 aliphatic rings. The molecule has 0 aromatic heterocycles. The number of benzene rings is 3. The number of ether oxygens (including phenoxy) is 1. The van der Waals surface area contributed by atoms with Gasteiger partial charge in [-0.25, -0.2) is 4.79 Å². The summed E-state index contributed by atoms with van der Waals surface area (Å²) in [7, 11) is 0.